The molecular weight excluding hydrogens is 470 g/mol. The van der Waals surface area contributed by atoms with Crippen molar-refractivity contribution >= 4 is 28.7 Å². The average molecular weight is 496 g/mol. The van der Waals surface area contributed by atoms with Crippen molar-refractivity contribution in [1.82, 2.24) is 24.0 Å². The van der Waals surface area contributed by atoms with Crippen LogP contribution in [0.1, 0.15) is 11.1 Å². The normalized spacial score (nSPS) is 11.1. The Hall–Kier alpha value is -3.69. The van der Waals surface area contributed by atoms with Gasteiger partial charge in [-0.2, -0.15) is 0 Å². The number of fused-ring (bicyclic) bond motifs is 1. The molecule has 0 aliphatic heterocycles. The zero-order chi connectivity index (χ0) is 24.8. The Bertz CT molecular complexity index is 1420. The van der Waals surface area contributed by atoms with E-state index in [1.165, 1.54) is 10.9 Å². The highest BCUT2D eigenvalue weighted by Crippen LogP contribution is 2.11. The number of hydrogen-bond acceptors (Lipinski definition) is 5. The molecule has 10 heteroatoms. The molecule has 0 unspecified atom stereocenters. The predicted octanol–water partition coefficient (Wildman–Crippen LogP) is 2.07. The second-order valence-electron chi connectivity index (χ2n) is 8.08. The summed E-state index contributed by atoms with van der Waals surface area (Å²) in [5.41, 5.74) is 1.28. The van der Waals surface area contributed by atoms with Crippen molar-refractivity contribution < 1.29 is 9.53 Å². The van der Waals surface area contributed by atoms with E-state index in [2.05, 4.69) is 10.3 Å². The van der Waals surface area contributed by atoms with Crippen LogP contribution in [0.4, 0.5) is 0 Å². The lowest BCUT2D eigenvalue weighted by atomic mass is 10.1. The lowest BCUT2D eigenvalue weighted by Gasteiger charge is -2.13. The Morgan fingerprint density at radius 3 is 2.49 bits per heavy atom. The van der Waals surface area contributed by atoms with E-state index in [1.807, 2.05) is 42.5 Å². The first kappa shape index (κ1) is 24.4. The summed E-state index contributed by atoms with van der Waals surface area (Å²) in [6.45, 7) is 0.947. The van der Waals surface area contributed by atoms with Gasteiger partial charge in [-0.25, -0.2) is 14.3 Å². The molecule has 1 N–H and O–H groups in total. The minimum Gasteiger partial charge on any atom is -0.383 e. The average Bonchev–Trinajstić information content (AvgIpc) is 3.29. The highest BCUT2D eigenvalue weighted by atomic mass is 35.5. The van der Waals surface area contributed by atoms with Gasteiger partial charge in [0.1, 0.15) is 6.54 Å². The molecule has 2 aromatic heterocycles. The third-order valence-electron chi connectivity index (χ3n) is 5.65. The number of aromatic nitrogens is 4. The molecule has 4 rings (SSSR count). The molecule has 0 radical (unpaired) electrons. The van der Waals surface area contributed by atoms with Crippen LogP contribution in [0.5, 0.6) is 0 Å². The number of rotatable bonds is 10. The van der Waals surface area contributed by atoms with E-state index >= 15 is 0 Å². The number of benzene rings is 2. The van der Waals surface area contributed by atoms with Gasteiger partial charge in [-0.1, -0.05) is 54.1 Å². The van der Waals surface area contributed by atoms with Crippen molar-refractivity contribution in [3.63, 3.8) is 0 Å². The van der Waals surface area contributed by atoms with Gasteiger partial charge in [0.25, 0.3) is 5.56 Å². The van der Waals surface area contributed by atoms with Crippen LogP contribution < -0.4 is 16.6 Å². The lowest BCUT2D eigenvalue weighted by molar-refractivity contribution is -0.121. The Balaban J connectivity index is 1.62. The van der Waals surface area contributed by atoms with Gasteiger partial charge in [-0.05, 0) is 29.7 Å². The van der Waals surface area contributed by atoms with Gasteiger partial charge >= 0.3 is 5.69 Å². The minimum absolute atomic E-state index is 0.218. The van der Waals surface area contributed by atoms with Crippen LogP contribution >= 0.6 is 11.6 Å². The number of carbonyl (C=O) groups excluding carboxylic acids is 1. The Morgan fingerprint density at radius 1 is 1.03 bits per heavy atom. The molecule has 0 saturated carbocycles. The summed E-state index contributed by atoms with van der Waals surface area (Å²) in [6.07, 6.45) is 2.11. The largest absolute Gasteiger partial charge is 0.383 e. The van der Waals surface area contributed by atoms with Crippen molar-refractivity contribution in [3.05, 3.63) is 97.9 Å². The van der Waals surface area contributed by atoms with Gasteiger partial charge in [-0.3, -0.25) is 14.2 Å². The van der Waals surface area contributed by atoms with E-state index in [4.69, 9.17) is 16.3 Å². The lowest BCUT2D eigenvalue weighted by Crippen LogP contribution is -2.44. The van der Waals surface area contributed by atoms with Crippen LogP contribution in [0.15, 0.2) is 70.5 Å². The van der Waals surface area contributed by atoms with E-state index in [0.29, 0.717) is 31.1 Å². The van der Waals surface area contributed by atoms with E-state index < -0.39 is 23.7 Å². The first-order valence-electron chi connectivity index (χ1n) is 11.2. The third-order valence-corrected chi connectivity index (χ3v) is 5.91. The standard InChI is InChI=1S/C25H26ClN5O4/c1-35-14-13-29-17-28-23-22(29)24(33)31(25(34)30(23)15-19-5-3-2-4-6-19)16-21(32)27-12-11-18-7-9-20(26)10-8-18/h2-10,17H,11-16H2,1H3,(H,27,32). The molecule has 182 valence electrons. The van der Waals surface area contributed by atoms with Gasteiger partial charge in [0.05, 0.1) is 19.5 Å². The molecule has 0 saturated heterocycles. The number of imidazole rings is 1. The van der Waals surface area contributed by atoms with Crippen LogP contribution in [0.2, 0.25) is 5.02 Å². The molecule has 0 fully saturated rings. The molecule has 9 nitrogen and oxygen atoms in total. The maximum absolute atomic E-state index is 13.4. The second kappa shape index (κ2) is 11.2. The highest BCUT2D eigenvalue weighted by Gasteiger charge is 2.20. The first-order chi connectivity index (χ1) is 17.0. The fourth-order valence-electron chi connectivity index (χ4n) is 3.84. The zero-order valence-corrected chi connectivity index (χ0v) is 20.1. The molecule has 0 aliphatic rings. The Labute approximate surface area is 206 Å². The topological polar surface area (TPSA) is 100 Å². The number of amides is 1. The van der Waals surface area contributed by atoms with Gasteiger partial charge < -0.3 is 14.6 Å². The molecule has 0 bridgehead atoms. The van der Waals surface area contributed by atoms with E-state index in [9.17, 15) is 14.4 Å². The molecule has 2 aromatic carbocycles. The molecule has 1 amide bonds. The van der Waals surface area contributed by atoms with Gasteiger partial charge in [0.2, 0.25) is 5.91 Å². The smallest absolute Gasteiger partial charge is 0.333 e. The van der Waals surface area contributed by atoms with Crippen molar-refractivity contribution in [1.29, 1.82) is 0 Å². The van der Waals surface area contributed by atoms with E-state index in [0.717, 1.165) is 15.7 Å². The Kier molecular flexibility index (Phi) is 7.79. The maximum atomic E-state index is 13.4. The second-order valence-corrected chi connectivity index (χ2v) is 8.51. The van der Waals surface area contributed by atoms with Crippen LogP contribution in [-0.4, -0.2) is 44.9 Å². The SMILES string of the molecule is COCCn1cnc2c1c(=O)n(CC(=O)NCCc1ccc(Cl)cc1)c(=O)n2Cc1ccccc1. The summed E-state index contributed by atoms with van der Waals surface area (Å²) >= 11 is 5.91. The molecule has 4 aromatic rings. The third kappa shape index (κ3) is 5.70. The molecular formula is C25H26ClN5O4. The van der Waals surface area contributed by atoms with Crippen molar-refractivity contribution in [3.8, 4) is 0 Å². The van der Waals surface area contributed by atoms with Crippen LogP contribution in [-0.2, 0) is 35.6 Å². The number of ether oxygens (including phenoxy) is 1. The minimum atomic E-state index is -0.587. The first-order valence-corrected chi connectivity index (χ1v) is 11.6. The molecule has 0 spiro atoms. The molecule has 35 heavy (non-hydrogen) atoms. The summed E-state index contributed by atoms with van der Waals surface area (Å²) in [4.78, 5) is 43.7. The van der Waals surface area contributed by atoms with Crippen molar-refractivity contribution in [2.45, 2.75) is 26.1 Å². The van der Waals surface area contributed by atoms with Crippen LogP contribution in [0.25, 0.3) is 11.2 Å². The monoisotopic (exact) mass is 495 g/mol. The van der Waals surface area contributed by atoms with E-state index in [-0.39, 0.29) is 17.7 Å². The van der Waals surface area contributed by atoms with Crippen LogP contribution in [0, 0.1) is 0 Å². The zero-order valence-electron chi connectivity index (χ0n) is 19.3. The number of halogens is 1. The summed E-state index contributed by atoms with van der Waals surface area (Å²) < 4.78 is 9.18. The highest BCUT2D eigenvalue weighted by molar-refractivity contribution is 6.30. The van der Waals surface area contributed by atoms with Gasteiger partial charge in [0.15, 0.2) is 11.2 Å². The molecule has 2 heterocycles. The van der Waals surface area contributed by atoms with E-state index in [1.54, 1.807) is 23.8 Å². The number of carbonyl (C=O) groups is 1. The Morgan fingerprint density at radius 2 is 1.77 bits per heavy atom. The summed E-state index contributed by atoms with van der Waals surface area (Å²) in [5.74, 6) is -0.424. The van der Waals surface area contributed by atoms with Gasteiger partial charge in [-0.15, -0.1) is 0 Å². The molecule has 0 aliphatic carbocycles. The number of nitrogens with one attached hydrogen (secondary N) is 1. The fraction of sp³-hybridized carbons (Fsp3) is 0.280. The number of methoxy groups -OCH3 is 1. The number of nitrogens with zero attached hydrogens (tertiary/aromatic N) is 4. The summed E-state index contributed by atoms with van der Waals surface area (Å²) in [5, 5.41) is 3.43. The number of hydrogen-bond donors (Lipinski definition) is 1. The van der Waals surface area contributed by atoms with Crippen molar-refractivity contribution in [2.24, 2.45) is 0 Å². The maximum Gasteiger partial charge on any atom is 0.333 e. The summed E-state index contributed by atoms with van der Waals surface area (Å²) in [6, 6.07) is 16.8. The van der Waals surface area contributed by atoms with Gasteiger partial charge in [0, 0.05) is 25.2 Å². The summed E-state index contributed by atoms with van der Waals surface area (Å²) in [7, 11) is 1.57. The van der Waals surface area contributed by atoms with Crippen molar-refractivity contribution in [2.75, 3.05) is 20.3 Å². The molecule has 0 atom stereocenters. The quantitative estimate of drug-likeness (QED) is 0.363. The predicted molar refractivity (Wildman–Crippen MR) is 134 cm³/mol. The van der Waals surface area contributed by atoms with Crippen LogP contribution in [0.3, 0.4) is 0 Å². The fourth-order valence-corrected chi connectivity index (χ4v) is 3.97.